The molecule has 0 saturated heterocycles. The van der Waals surface area contributed by atoms with Gasteiger partial charge in [-0.15, -0.1) is 10.2 Å². The number of carboxylic acid groups (broad SMARTS) is 1. The first-order valence-corrected chi connectivity index (χ1v) is 6.83. The van der Waals surface area contributed by atoms with Crippen molar-refractivity contribution in [2.45, 2.75) is 12.8 Å². The summed E-state index contributed by atoms with van der Waals surface area (Å²) in [6.07, 6.45) is 0. The predicted octanol–water partition coefficient (Wildman–Crippen LogP) is 1.28. The van der Waals surface area contributed by atoms with Gasteiger partial charge in [0, 0.05) is 5.69 Å². The fourth-order valence-electron chi connectivity index (χ4n) is 2.17. The molecule has 0 aliphatic carbocycles. The number of carboxylic acids is 1. The quantitative estimate of drug-likeness (QED) is 0.679. The average Bonchev–Trinajstić information content (AvgIpc) is 3.12. The molecule has 0 saturated carbocycles. The summed E-state index contributed by atoms with van der Waals surface area (Å²) in [4.78, 5) is 15.6. The Morgan fingerprint density at radius 2 is 2.36 bits per heavy atom. The number of hydrogen-bond donors (Lipinski definition) is 2. The van der Waals surface area contributed by atoms with Crippen molar-refractivity contribution in [3.63, 3.8) is 0 Å². The van der Waals surface area contributed by atoms with Crippen molar-refractivity contribution >= 4 is 23.2 Å². The number of H-pyrrole nitrogens is 1. The van der Waals surface area contributed by atoms with Crippen LogP contribution in [0.5, 0.6) is 5.88 Å². The topological polar surface area (TPSA) is 118 Å². The molecule has 3 heterocycles. The highest BCUT2D eigenvalue weighted by Crippen LogP contribution is 2.31. The number of aromatic nitrogens is 6. The van der Waals surface area contributed by atoms with Gasteiger partial charge in [-0.25, -0.2) is 0 Å². The summed E-state index contributed by atoms with van der Waals surface area (Å²) in [6.45, 7) is 1.58. The molecule has 3 aromatic rings. The van der Waals surface area contributed by atoms with E-state index < -0.39 is 11.9 Å². The monoisotopic (exact) mass is 322 g/mol. The van der Waals surface area contributed by atoms with Crippen molar-refractivity contribution in [2.75, 3.05) is 6.07 Å². The number of aromatic amines is 1. The zero-order valence-corrected chi connectivity index (χ0v) is 12.2. The number of fused-ring (bicyclic) bond motifs is 1. The molecule has 1 atom stereocenters. The number of aliphatic carboxylic acids is 1. The van der Waals surface area contributed by atoms with Gasteiger partial charge in [0.05, 0.1) is 5.92 Å². The third-order valence-corrected chi connectivity index (χ3v) is 3.31. The Kier molecular flexibility index (Phi) is 3.63. The number of carbonyl (C=O) groups is 1. The molecule has 3 rings (SSSR count). The summed E-state index contributed by atoms with van der Waals surface area (Å²) < 4.78 is 6.94. The molecule has 0 spiro atoms. The molecule has 9 nitrogen and oxygen atoms in total. The fraction of sp³-hybridized carbons (Fsp3) is 0.250. The minimum atomic E-state index is -0.958. The normalized spacial score (nSPS) is 12.5. The molecular weight excluding hydrogens is 312 g/mol. The van der Waals surface area contributed by atoms with Gasteiger partial charge >= 0.3 is 5.97 Å². The van der Waals surface area contributed by atoms with Gasteiger partial charge in [0.2, 0.25) is 11.7 Å². The summed E-state index contributed by atoms with van der Waals surface area (Å²) in [5.41, 5.74) is 1.42. The Balaban J connectivity index is 2.33. The lowest BCUT2D eigenvalue weighted by Gasteiger charge is -2.11. The van der Waals surface area contributed by atoms with E-state index in [1.165, 1.54) is 0 Å². The Hall–Kier alpha value is -2.68. The number of hydrogen-bond acceptors (Lipinski definition) is 6. The maximum Gasteiger partial charge on any atom is 0.312 e. The van der Waals surface area contributed by atoms with Crippen molar-refractivity contribution < 1.29 is 14.6 Å². The molecule has 0 aromatic carbocycles. The molecule has 0 aliphatic heterocycles. The number of nitrogens with zero attached hydrogens (tertiary/aromatic N) is 5. The molecule has 0 aliphatic rings. The van der Waals surface area contributed by atoms with E-state index in [2.05, 4.69) is 25.6 Å². The van der Waals surface area contributed by atoms with E-state index in [0.29, 0.717) is 17.0 Å². The van der Waals surface area contributed by atoms with Crippen LogP contribution in [0.15, 0.2) is 18.2 Å². The number of tetrazole rings is 1. The molecule has 10 heteroatoms. The molecule has 114 valence electrons. The van der Waals surface area contributed by atoms with Crippen LogP contribution in [0.3, 0.4) is 0 Å². The van der Waals surface area contributed by atoms with Gasteiger partial charge in [-0.1, -0.05) is 17.7 Å². The van der Waals surface area contributed by atoms with E-state index in [4.69, 9.17) is 16.3 Å². The van der Waals surface area contributed by atoms with Gasteiger partial charge in [-0.3, -0.25) is 9.20 Å². The summed E-state index contributed by atoms with van der Waals surface area (Å²) in [7, 11) is 0. The van der Waals surface area contributed by atoms with Crippen LogP contribution in [0, 0.1) is 0 Å². The zero-order valence-electron chi connectivity index (χ0n) is 11.4. The van der Waals surface area contributed by atoms with Crippen LogP contribution in [0.2, 0.25) is 0 Å². The van der Waals surface area contributed by atoms with Crippen molar-refractivity contribution in [3.05, 3.63) is 23.9 Å². The van der Waals surface area contributed by atoms with Gasteiger partial charge in [0.15, 0.2) is 11.8 Å². The average molecular weight is 323 g/mol. The molecule has 22 heavy (non-hydrogen) atoms. The number of rotatable bonds is 5. The Bertz CT molecular complexity index is 816. The number of imidazole rings is 1. The smallest absolute Gasteiger partial charge is 0.312 e. The molecule has 3 aromatic heterocycles. The van der Waals surface area contributed by atoms with Crippen molar-refractivity contribution in [1.29, 1.82) is 0 Å². The van der Waals surface area contributed by atoms with E-state index in [1.807, 2.05) is 0 Å². The first-order valence-electron chi connectivity index (χ1n) is 6.30. The lowest BCUT2D eigenvalue weighted by Crippen LogP contribution is -2.12. The number of pyridine rings is 1. The van der Waals surface area contributed by atoms with Crippen molar-refractivity contribution in [2.24, 2.45) is 0 Å². The van der Waals surface area contributed by atoms with Crippen LogP contribution in [0.1, 0.15) is 18.5 Å². The number of nitrogens with one attached hydrogen (secondary N) is 1. The van der Waals surface area contributed by atoms with Crippen molar-refractivity contribution in [1.82, 2.24) is 30.0 Å². The van der Waals surface area contributed by atoms with Crippen molar-refractivity contribution in [3.8, 4) is 17.4 Å². The molecule has 0 fully saturated rings. The first-order chi connectivity index (χ1) is 10.6. The van der Waals surface area contributed by atoms with Crippen LogP contribution in [0.4, 0.5) is 0 Å². The summed E-state index contributed by atoms with van der Waals surface area (Å²) >= 11 is 5.62. The number of ether oxygens (including phenoxy) is 1. The largest absolute Gasteiger partial charge is 0.481 e. The van der Waals surface area contributed by atoms with E-state index >= 15 is 0 Å². The SMILES string of the molecule is CC(C(=O)O)c1cccc2nc(OCCl)c(-c3nn[nH]n3)n12. The molecule has 0 radical (unpaired) electrons. The predicted molar refractivity (Wildman–Crippen MR) is 75.8 cm³/mol. The molecule has 0 bridgehead atoms. The van der Waals surface area contributed by atoms with E-state index in [9.17, 15) is 9.90 Å². The van der Waals surface area contributed by atoms with Crippen LogP contribution in [-0.2, 0) is 4.79 Å². The van der Waals surface area contributed by atoms with E-state index in [-0.39, 0.29) is 17.8 Å². The van der Waals surface area contributed by atoms with Gasteiger partial charge in [-0.05, 0) is 24.3 Å². The van der Waals surface area contributed by atoms with E-state index in [0.717, 1.165) is 0 Å². The Labute approximate surface area is 128 Å². The summed E-state index contributed by atoms with van der Waals surface area (Å²) in [6, 6.07) is 5.03. The first kappa shape index (κ1) is 14.3. The zero-order chi connectivity index (χ0) is 15.7. The van der Waals surface area contributed by atoms with Crippen LogP contribution in [-0.4, -0.2) is 47.2 Å². The lowest BCUT2D eigenvalue weighted by atomic mass is 10.1. The maximum atomic E-state index is 11.3. The third kappa shape index (κ3) is 2.25. The van der Waals surface area contributed by atoms with E-state index in [1.54, 1.807) is 29.5 Å². The molecular formula is C12H11ClN6O3. The Morgan fingerprint density at radius 1 is 1.55 bits per heavy atom. The minimum Gasteiger partial charge on any atom is -0.481 e. The van der Waals surface area contributed by atoms with Gasteiger partial charge in [0.1, 0.15) is 5.65 Å². The van der Waals surface area contributed by atoms with Gasteiger partial charge < -0.3 is 9.84 Å². The summed E-state index contributed by atoms with van der Waals surface area (Å²) in [5.74, 6) is -1.27. The van der Waals surface area contributed by atoms with Crippen LogP contribution in [0.25, 0.3) is 17.2 Å². The second-order valence-electron chi connectivity index (χ2n) is 4.46. The van der Waals surface area contributed by atoms with Gasteiger partial charge in [0.25, 0.3) is 0 Å². The highest BCUT2D eigenvalue weighted by Gasteiger charge is 2.25. The standard InChI is InChI=1S/C12H11ClN6O3/c1-6(12(20)21)7-3-2-4-8-14-11(22-5-13)9(19(7)8)10-15-17-18-16-10/h2-4,6H,5H2,1H3,(H,20,21)(H,15,16,17,18). The number of alkyl halides is 1. The lowest BCUT2D eigenvalue weighted by molar-refractivity contribution is -0.138. The molecule has 0 amide bonds. The van der Waals surface area contributed by atoms with Gasteiger partial charge in [-0.2, -0.15) is 10.2 Å². The molecule has 2 N–H and O–H groups in total. The maximum absolute atomic E-state index is 11.3. The van der Waals surface area contributed by atoms with Crippen LogP contribution < -0.4 is 4.74 Å². The second-order valence-corrected chi connectivity index (χ2v) is 4.68. The summed E-state index contributed by atoms with van der Waals surface area (Å²) in [5, 5.41) is 23.0. The minimum absolute atomic E-state index is 0.113. The molecule has 1 unspecified atom stereocenters. The third-order valence-electron chi connectivity index (χ3n) is 3.20. The van der Waals surface area contributed by atoms with Crippen LogP contribution >= 0.6 is 11.6 Å². The Morgan fingerprint density at radius 3 is 3.00 bits per heavy atom. The fourth-order valence-corrected chi connectivity index (χ4v) is 2.28. The second kappa shape index (κ2) is 5.60. The highest BCUT2D eigenvalue weighted by atomic mass is 35.5. The highest BCUT2D eigenvalue weighted by molar-refractivity contribution is 6.17. The number of halogens is 1.